The summed E-state index contributed by atoms with van der Waals surface area (Å²) in [5.74, 6) is -0.214. The molecule has 1 aliphatic carbocycles. The van der Waals surface area contributed by atoms with Crippen LogP contribution in [-0.2, 0) is 11.2 Å². The van der Waals surface area contributed by atoms with Gasteiger partial charge in [-0.05, 0) is 24.8 Å². The SMILES string of the molecule is N#C[C@@]1(NC(=O)Cc2ccccc2)CCCC[C@@H]1O. The number of hydrogen-bond donors (Lipinski definition) is 2. The van der Waals surface area contributed by atoms with Crippen LogP contribution in [0.15, 0.2) is 30.3 Å². The van der Waals surface area contributed by atoms with Crippen LogP contribution in [0, 0.1) is 11.3 Å². The van der Waals surface area contributed by atoms with Crippen molar-refractivity contribution >= 4 is 5.91 Å². The van der Waals surface area contributed by atoms with Crippen LogP contribution in [0.5, 0.6) is 0 Å². The Labute approximate surface area is 113 Å². The number of carbonyl (C=O) groups excluding carboxylic acids is 1. The Morgan fingerprint density at radius 1 is 1.42 bits per heavy atom. The minimum Gasteiger partial charge on any atom is -0.390 e. The first-order valence-corrected chi connectivity index (χ1v) is 6.60. The summed E-state index contributed by atoms with van der Waals surface area (Å²) in [6, 6.07) is 11.5. The molecule has 2 rings (SSSR count). The van der Waals surface area contributed by atoms with Gasteiger partial charge in [0.2, 0.25) is 5.91 Å². The van der Waals surface area contributed by atoms with E-state index in [-0.39, 0.29) is 12.3 Å². The van der Waals surface area contributed by atoms with Gasteiger partial charge in [-0.3, -0.25) is 4.79 Å². The van der Waals surface area contributed by atoms with E-state index in [0.29, 0.717) is 12.8 Å². The van der Waals surface area contributed by atoms with Gasteiger partial charge in [-0.15, -0.1) is 0 Å². The summed E-state index contributed by atoms with van der Waals surface area (Å²) in [6.45, 7) is 0. The summed E-state index contributed by atoms with van der Waals surface area (Å²) in [5, 5.41) is 22.0. The van der Waals surface area contributed by atoms with Gasteiger partial charge in [0.1, 0.15) is 0 Å². The molecule has 2 atom stereocenters. The van der Waals surface area contributed by atoms with Crippen LogP contribution in [0.1, 0.15) is 31.2 Å². The van der Waals surface area contributed by atoms with Crippen molar-refractivity contribution in [3.05, 3.63) is 35.9 Å². The molecule has 1 amide bonds. The molecule has 2 N–H and O–H groups in total. The lowest BCUT2D eigenvalue weighted by Gasteiger charge is -2.36. The van der Waals surface area contributed by atoms with E-state index in [9.17, 15) is 15.2 Å². The van der Waals surface area contributed by atoms with Crippen molar-refractivity contribution < 1.29 is 9.90 Å². The molecule has 0 unspecified atom stereocenters. The molecule has 4 heteroatoms. The van der Waals surface area contributed by atoms with Gasteiger partial charge in [0.25, 0.3) is 0 Å². The highest BCUT2D eigenvalue weighted by Gasteiger charge is 2.41. The maximum Gasteiger partial charge on any atom is 0.225 e. The van der Waals surface area contributed by atoms with Crippen LogP contribution in [0.2, 0.25) is 0 Å². The topological polar surface area (TPSA) is 73.1 Å². The molecule has 0 spiro atoms. The highest BCUT2D eigenvalue weighted by molar-refractivity contribution is 5.80. The van der Waals surface area contributed by atoms with Crippen LogP contribution >= 0.6 is 0 Å². The number of benzene rings is 1. The maximum absolute atomic E-state index is 12.0. The minimum atomic E-state index is -1.11. The smallest absolute Gasteiger partial charge is 0.225 e. The molecule has 0 radical (unpaired) electrons. The van der Waals surface area contributed by atoms with Crippen molar-refractivity contribution in [2.24, 2.45) is 0 Å². The molecule has 1 aliphatic rings. The number of hydrogen-bond acceptors (Lipinski definition) is 3. The second kappa shape index (κ2) is 5.85. The third-order valence-corrected chi connectivity index (χ3v) is 3.64. The standard InChI is InChI=1S/C15H18N2O2/c16-11-15(9-5-4-8-13(15)18)17-14(19)10-12-6-2-1-3-7-12/h1-3,6-7,13,18H,4-5,8-10H2,(H,17,19)/t13-,15-/m0/s1. The third-order valence-electron chi connectivity index (χ3n) is 3.64. The summed E-state index contributed by atoms with van der Waals surface area (Å²) in [7, 11) is 0. The van der Waals surface area contributed by atoms with Crippen molar-refractivity contribution in [2.75, 3.05) is 0 Å². The van der Waals surface area contributed by atoms with Gasteiger partial charge >= 0.3 is 0 Å². The van der Waals surface area contributed by atoms with E-state index in [1.54, 1.807) is 0 Å². The van der Waals surface area contributed by atoms with Crippen LogP contribution < -0.4 is 5.32 Å². The maximum atomic E-state index is 12.0. The van der Waals surface area contributed by atoms with Crippen molar-refractivity contribution in [3.63, 3.8) is 0 Å². The van der Waals surface area contributed by atoms with Gasteiger partial charge < -0.3 is 10.4 Å². The molecule has 0 aromatic heterocycles. The number of rotatable bonds is 3. The van der Waals surface area contributed by atoms with Crippen molar-refractivity contribution in [2.45, 2.75) is 43.7 Å². The van der Waals surface area contributed by atoms with Crippen molar-refractivity contribution in [1.29, 1.82) is 5.26 Å². The number of amides is 1. The first-order valence-electron chi connectivity index (χ1n) is 6.60. The zero-order valence-corrected chi connectivity index (χ0v) is 10.8. The molecule has 1 saturated carbocycles. The first kappa shape index (κ1) is 13.6. The average Bonchev–Trinajstić information content (AvgIpc) is 2.42. The average molecular weight is 258 g/mol. The molecule has 0 aliphatic heterocycles. The number of carbonyl (C=O) groups is 1. The lowest BCUT2D eigenvalue weighted by molar-refractivity contribution is -0.123. The third kappa shape index (κ3) is 3.12. The van der Waals surface area contributed by atoms with E-state index in [1.807, 2.05) is 30.3 Å². The molecule has 1 aromatic carbocycles. The van der Waals surface area contributed by atoms with E-state index >= 15 is 0 Å². The Balaban J connectivity index is 2.03. The number of aliphatic hydroxyl groups is 1. The predicted octanol–water partition coefficient (Wildman–Crippen LogP) is 1.54. The van der Waals surface area contributed by atoms with Crippen molar-refractivity contribution in [3.8, 4) is 6.07 Å². The first-order chi connectivity index (χ1) is 9.16. The highest BCUT2D eigenvalue weighted by atomic mass is 16.3. The molecule has 0 saturated heterocycles. The summed E-state index contributed by atoms with van der Waals surface area (Å²) in [5.41, 5.74) is -0.206. The largest absolute Gasteiger partial charge is 0.390 e. The van der Waals surface area contributed by atoms with E-state index in [0.717, 1.165) is 18.4 Å². The van der Waals surface area contributed by atoms with Gasteiger partial charge in [0, 0.05) is 0 Å². The number of nitrogens with one attached hydrogen (secondary N) is 1. The fourth-order valence-corrected chi connectivity index (χ4v) is 2.53. The molecule has 4 nitrogen and oxygen atoms in total. The van der Waals surface area contributed by atoms with E-state index in [4.69, 9.17) is 0 Å². The van der Waals surface area contributed by atoms with Crippen LogP contribution in [0.3, 0.4) is 0 Å². The molecular weight excluding hydrogens is 240 g/mol. The molecule has 1 fully saturated rings. The summed E-state index contributed by atoms with van der Waals surface area (Å²) >= 11 is 0. The van der Waals surface area contributed by atoms with Crippen molar-refractivity contribution in [1.82, 2.24) is 5.32 Å². The zero-order valence-electron chi connectivity index (χ0n) is 10.8. The fourth-order valence-electron chi connectivity index (χ4n) is 2.53. The summed E-state index contributed by atoms with van der Waals surface area (Å²) < 4.78 is 0. The highest BCUT2D eigenvalue weighted by Crippen LogP contribution is 2.28. The lowest BCUT2D eigenvalue weighted by Crippen LogP contribution is -2.57. The second-order valence-electron chi connectivity index (χ2n) is 5.06. The Morgan fingerprint density at radius 2 is 2.16 bits per heavy atom. The van der Waals surface area contributed by atoms with E-state index < -0.39 is 11.6 Å². The molecule has 100 valence electrons. The monoisotopic (exact) mass is 258 g/mol. The molecule has 19 heavy (non-hydrogen) atoms. The fraction of sp³-hybridized carbons (Fsp3) is 0.467. The quantitative estimate of drug-likeness (QED) is 0.863. The normalized spacial score (nSPS) is 26.4. The molecular formula is C15H18N2O2. The molecule has 0 heterocycles. The van der Waals surface area contributed by atoms with Gasteiger partial charge in [0.15, 0.2) is 5.54 Å². The van der Waals surface area contributed by atoms with Gasteiger partial charge in [-0.2, -0.15) is 5.26 Å². The van der Waals surface area contributed by atoms with Gasteiger partial charge in [-0.25, -0.2) is 0 Å². The Morgan fingerprint density at radius 3 is 2.79 bits per heavy atom. The second-order valence-corrected chi connectivity index (χ2v) is 5.06. The van der Waals surface area contributed by atoms with Crippen LogP contribution in [0.4, 0.5) is 0 Å². The zero-order chi connectivity index (χ0) is 13.7. The van der Waals surface area contributed by atoms with Gasteiger partial charge in [0.05, 0.1) is 18.6 Å². The minimum absolute atomic E-state index is 0.214. The predicted molar refractivity (Wildman–Crippen MR) is 71.1 cm³/mol. The Bertz CT molecular complexity index is 481. The van der Waals surface area contributed by atoms with Gasteiger partial charge in [-0.1, -0.05) is 36.8 Å². The van der Waals surface area contributed by atoms with Crippen LogP contribution in [0.25, 0.3) is 0 Å². The lowest BCUT2D eigenvalue weighted by atomic mass is 9.80. The molecule has 1 aromatic rings. The summed E-state index contributed by atoms with van der Waals surface area (Å²) in [4.78, 5) is 12.0. The Hall–Kier alpha value is -1.86. The molecule has 0 bridgehead atoms. The Kier molecular flexibility index (Phi) is 4.18. The summed E-state index contributed by atoms with van der Waals surface area (Å²) in [6.07, 6.45) is 2.31. The number of aliphatic hydroxyl groups excluding tert-OH is 1. The van der Waals surface area contributed by atoms with E-state index in [2.05, 4.69) is 11.4 Å². The number of nitriles is 1. The van der Waals surface area contributed by atoms with Crippen LogP contribution in [-0.4, -0.2) is 22.7 Å². The number of nitrogens with zero attached hydrogens (tertiary/aromatic N) is 1. The van der Waals surface area contributed by atoms with E-state index in [1.165, 1.54) is 0 Å².